The molecule has 2 rings (SSSR count). The number of hydrogen-bond donors (Lipinski definition) is 2. The van der Waals surface area contributed by atoms with Crippen LogP contribution in [0.25, 0.3) is 0 Å². The van der Waals surface area contributed by atoms with Gasteiger partial charge in [0.2, 0.25) is 5.91 Å². The molecular formula is C14H26N2OS. The van der Waals surface area contributed by atoms with E-state index in [-0.39, 0.29) is 5.91 Å². The third-order valence-electron chi connectivity index (χ3n) is 3.95. The summed E-state index contributed by atoms with van der Waals surface area (Å²) < 4.78 is 0. The molecule has 0 spiro atoms. The van der Waals surface area contributed by atoms with E-state index < -0.39 is 0 Å². The molecule has 0 aliphatic carbocycles. The molecule has 2 bridgehead atoms. The van der Waals surface area contributed by atoms with Crippen molar-refractivity contribution in [1.82, 2.24) is 10.6 Å². The van der Waals surface area contributed by atoms with Gasteiger partial charge in [-0.2, -0.15) is 11.8 Å². The number of hydrogen-bond acceptors (Lipinski definition) is 3. The number of unbranched alkanes of at least 4 members (excludes halogenated alkanes) is 1. The Kier molecular flexibility index (Phi) is 5.83. The van der Waals surface area contributed by atoms with E-state index >= 15 is 0 Å². The van der Waals surface area contributed by atoms with E-state index in [0.717, 1.165) is 18.6 Å². The van der Waals surface area contributed by atoms with Crippen molar-refractivity contribution in [2.45, 2.75) is 70.0 Å². The summed E-state index contributed by atoms with van der Waals surface area (Å²) in [5, 5.41) is 6.82. The number of fused-ring (bicyclic) bond motifs is 2. The molecule has 2 heterocycles. The molecule has 2 unspecified atom stereocenters. The third-order valence-corrected chi connectivity index (χ3v) is 5.02. The van der Waals surface area contributed by atoms with Crippen molar-refractivity contribution < 1.29 is 4.79 Å². The highest BCUT2D eigenvalue weighted by molar-refractivity contribution is 7.99. The molecule has 0 radical (unpaired) electrons. The summed E-state index contributed by atoms with van der Waals surface area (Å²) in [6.07, 6.45) is 8.05. The first kappa shape index (κ1) is 14.2. The average molecular weight is 270 g/mol. The second kappa shape index (κ2) is 7.39. The highest BCUT2D eigenvalue weighted by Crippen LogP contribution is 2.26. The minimum absolute atomic E-state index is 0.255. The fourth-order valence-electron chi connectivity index (χ4n) is 2.99. The number of piperidine rings is 1. The van der Waals surface area contributed by atoms with Crippen molar-refractivity contribution in [2.75, 3.05) is 11.5 Å². The van der Waals surface area contributed by atoms with Crippen molar-refractivity contribution in [1.29, 1.82) is 0 Å². The Morgan fingerprint density at radius 3 is 2.67 bits per heavy atom. The van der Waals surface area contributed by atoms with Crippen LogP contribution in [0.1, 0.15) is 51.9 Å². The maximum atomic E-state index is 11.8. The second-order valence-corrected chi connectivity index (χ2v) is 6.81. The Balaban J connectivity index is 1.57. The van der Waals surface area contributed by atoms with Crippen molar-refractivity contribution in [2.24, 2.45) is 0 Å². The van der Waals surface area contributed by atoms with E-state index in [0.29, 0.717) is 24.5 Å². The largest absolute Gasteiger partial charge is 0.353 e. The highest BCUT2D eigenvalue weighted by Gasteiger charge is 2.33. The van der Waals surface area contributed by atoms with Gasteiger partial charge in [0.15, 0.2) is 0 Å². The van der Waals surface area contributed by atoms with Crippen LogP contribution in [-0.2, 0) is 4.79 Å². The molecule has 104 valence electrons. The second-order valence-electron chi connectivity index (χ2n) is 5.59. The number of thioether (sulfide) groups is 1. The summed E-state index contributed by atoms with van der Waals surface area (Å²) >= 11 is 1.91. The molecule has 2 aliphatic heterocycles. The highest BCUT2D eigenvalue weighted by atomic mass is 32.2. The molecule has 2 N–H and O–H groups in total. The molecule has 2 saturated heterocycles. The third kappa shape index (κ3) is 4.47. The Bertz CT molecular complexity index is 261. The van der Waals surface area contributed by atoms with E-state index in [1.807, 2.05) is 11.8 Å². The van der Waals surface area contributed by atoms with Gasteiger partial charge in [-0.05, 0) is 37.9 Å². The molecular weight excluding hydrogens is 244 g/mol. The predicted molar refractivity (Wildman–Crippen MR) is 78.0 cm³/mol. The van der Waals surface area contributed by atoms with Gasteiger partial charge in [0, 0.05) is 30.3 Å². The number of carbonyl (C=O) groups excluding carboxylic acids is 1. The zero-order valence-electron chi connectivity index (χ0n) is 11.4. The average Bonchev–Trinajstić information content (AvgIpc) is 2.68. The lowest BCUT2D eigenvalue weighted by molar-refractivity contribution is -0.121. The Morgan fingerprint density at radius 2 is 2.00 bits per heavy atom. The molecule has 2 atom stereocenters. The molecule has 0 saturated carbocycles. The van der Waals surface area contributed by atoms with Crippen LogP contribution in [0.3, 0.4) is 0 Å². The SMILES string of the molecule is CCCCSCCC(=O)NC1CC2CCC(C1)N2. The first-order valence-corrected chi connectivity index (χ1v) is 8.56. The first-order valence-electron chi connectivity index (χ1n) is 7.41. The molecule has 1 amide bonds. The van der Waals surface area contributed by atoms with Gasteiger partial charge in [-0.25, -0.2) is 0 Å². The normalized spacial score (nSPS) is 30.4. The zero-order valence-corrected chi connectivity index (χ0v) is 12.2. The summed E-state index contributed by atoms with van der Waals surface area (Å²) in [6.45, 7) is 2.21. The minimum Gasteiger partial charge on any atom is -0.353 e. The first-order chi connectivity index (χ1) is 8.78. The molecule has 2 fully saturated rings. The molecule has 18 heavy (non-hydrogen) atoms. The van der Waals surface area contributed by atoms with Crippen LogP contribution in [0.15, 0.2) is 0 Å². The van der Waals surface area contributed by atoms with Crippen molar-refractivity contribution in [3.8, 4) is 0 Å². The summed E-state index contributed by atoms with van der Waals surface area (Å²) in [5.41, 5.74) is 0. The molecule has 2 aliphatic rings. The maximum Gasteiger partial charge on any atom is 0.221 e. The predicted octanol–water partition coefficient (Wildman–Crippen LogP) is 2.31. The summed E-state index contributed by atoms with van der Waals surface area (Å²) in [5.74, 6) is 2.43. The van der Waals surface area contributed by atoms with Gasteiger partial charge in [0.25, 0.3) is 0 Å². The lowest BCUT2D eigenvalue weighted by atomic mass is 10.00. The molecule has 0 aromatic rings. The van der Waals surface area contributed by atoms with Crippen LogP contribution in [0.4, 0.5) is 0 Å². The lowest BCUT2D eigenvalue weighted by Crippen LogP contribution is -2.48. The van der Waals surface area contributed by atoms with E-state index in [1.54, 1.807) is 0 Å². The summed E-state index contributed by atoms with van der Waals surface area (Å²) in [4.78, 5) is 11.8. The summed E-state index contributed by atoms with van der Waals surface area (Å²) in [6, 6.07) is 1.75. The Hall–Kier alpha value is -0.220. The molecule has 0 aromatic heterocycles. The van der Waals surface area contributed by atoms with E-state index in [1.165, 1.54) is 31.4 Å². The van der Waals surface area contributed by atoms with Gasteiger partial charge in [-0.3, -0.25) is 4.79 Å². The van der Waals surface area contributed by atoms with E-state index in [4.69, 9.17) is 0 Å². The van der Waals surface area contributed by atoms with Crippen LogP contribution in [0.5, 0.6) is 0 Å². The quantitative estimate of drug-likeness (QED) is 0.698. The van der Waals surface area contributed by atoms with Crippen LogP contribution >= 0.6 is 11.8 Å². The number of rotatable bonds is 7. The van der Waals surface area contributed by atoms with Gasteiger partial charge in [0.1, 0.15) is 0 Å². The number of amides is 1. The fourth-order valence-corrected chi connectivity index (χ4v) is 4.01. The van der Waals surface area contributed by atoms with Gasteiger partial charge in [-0.1, -0.05) is 13.3 Å². The molecule has 0 aromatic carbocycles. The topological polar surface area (TPSA) is 41.1 Å². The Morgan fingerprint density at radius 1 is 1.28 bits per heavy atom. The minimum atomic E-state index is 0.255. The van der Waals surface area contributed by atoms with Crippen molar-refractivity contribution in [3.05, 3.63) is 0 Å². The van der Waals surface area contributed by atoms with Gasteiger partial charge in [-0.15, -0.1) is 0 Å². The smallest absolute Gasteiger partial charge is 0.221 e. The number of nitrogens with one attached hydrogen (secondary N) is 2. The van der Waals surface area contributed by atoms with Crippen molar-refractivity contribution >= 4 is 17.7 Å². The lowest BCUT2D eigenvalue weighted by Gasteiger charge is -2.29. The van der Waals surface area contributed by atoms with Crippen molar-refractivity contribution in [3.63, 3.8) is 0 Å². The van der Waals surface area contributed by atoms with Crippen LogP contribution in [0.2, 0.25) is 0 Å². The number of carbonyl (C=O) groups is 1. The molecule has 4 heteroatoms. The zero-order chi connectivity index (χ0) is 12.8. The Labute approximate surface area is 115 Å². The van der Waals surface area contributed by atoms with Gasteiger partial charge >= 0.3 is 0 Å². The van der Waals surface area contributed by atoms with Gasteiger partial charge < -0.3 is 10.6 Å². The van der Waals surface area contributed by atoms with Crippen LogP contribution in [-0.4, -0.2) is 35.5 Å². The maximum absolute atomic E-state index is 11.8. The standard InChI is InChI=1S/C14H26N2OS/c1-2-3-7-18-8-6-14(17)16-13-9-11-4-5-12(10-13)15-11/h11-13,15H,2-10H2,1H3,(H,16,17). The van der Waals surface area contributed by atoms with Gasteiger partial charge in [0.05, 0.1) is 0 Å². The summed E-state index contributed by atoms with van der Waals surface area (Å²) in [7, 11) is 0. The molecule has 3 nitrogen and oxygen atoms in total. The van der Waals surface area contributed by atoms with E-state index in [2.05, 4.69) is 17.6 Å². The van der Waals surface area contributed by atoms with Crippen LogP contribution < -0.4 is 10.6 Å². The van der Waals surface area contributed by atoms with Crippen LogP contribution in [0, 0.1) is 0 Å². The monoisotopic (exact) mass is 270 g/mol. The van der Waals surface area contributed by atoms with E-state index in [9.17, 15) is 4.79 Å². The fraction of sp³-hybridized carbons (Fsp3) is 0.929.